The lowest BCUT2D eigenvalue weighted by Crippen LogP contribution is -2.06. The number of anilines is 3. The van der Waals surface area contributed by atoms with Crippen molar-refractivity contribution in [2.24, 2.45) is 0 Å². The molecular weight excluding hydrogens is 333 g/mol. The molecule has 0 aliphatic carbocycles. The number of hydrogen-bond acceptors (Lipinski definition) is 7. The van der Waals surface area contributed by atoms with Gasteiger partial charge in [-0.05, 0) is 18.2 Å². The second-order valence-corrected chi connectivity index (χ2v) is 5.15. The Morgan fingerprint density at radius 1 is 1.25 bits per heavy atom. The van der Waals surface area contributed by atoms with Crippen molar-refractivity contribution in [1.29, 1.82) is 5.26 Å². The van der Waals surface area contributed by atoms with Crippen molar-refractivity contribution >= 4 is 40.1 Å². The maximum absolute atomic E-state index is 13.3. The number of hydrogen-bond donors (Lipinski definition) is 2. The first kappa shape index (κ1) is 15.8. The van der Waals surface area contributed by atoms with E-state index in [-0.39, 0.29) is 5.02 Å². The molecule has 120 valence electrons. The predicted molar refractivity (Wildman–Crippen MR) is 88.5 cm³/mol. The molecule has 0 bridgehead atoms. The summed E-state index contributed by atoms with van der Waals surface area (Å²) in [5.41, 5.74) is 1.61. The lowest BCUT2D eigenvalue weighted by Gasteiger charge is -2.09. The smallest absolute Gasteiger partial charge is 0.223 e. The maximum Gasteiger partial charge on any atom is 0.223 e. The minimum atomic E-state index is -0.499. The van der Waals surface area contributed by atoms with Gasteiger partial charge in [0.1, 0.15) is 23.2 Å². The molecule has 0 unspecified atom stereocenters. The lowest BCUT2D eigenvalue weighted by molar-refractivity contribution is 0.628. The Morgan fingerprint density at radius 3 is 2.92 bits per heavy atom. The van der Waals surface area contributed by atoms with Crippen LogP contribution in [0.1, 0.15) is 6.42 Å². The summed E-state index contributed by atoms with van der Waals surface area (Å²) in [7, 11) is 0. The van der Waals surface area contributed by atoms with Crippen LogP contribution >= 0.6 is 11.6 Å². The minimum Gasteiger partial charge on any atom is -0.353 e. The number of aromatic nitrogens is 4. The zero-order valence-electron chi connectivity index (χ0n) is 12.3. The van der Waals surface area contributed by atoms with Crippen LogP contribution in [-0.2, 0) is 0 Å². The van der Waals surface area contributed by atoms with Gasteiger partial charge in [0.25, 0.3) is 0 Å². The molecular formula is C15H11ClFN7. The molecule has 0 aliphatic heterocycles. The van der Waals surface area contributed by atoms with Crippen LogP contribution in [0.25, 0.3) is 11.0 Å². The highest BCUT2D eigenvalue weighted by Gasteiger charge is 2.09. The zero-order chi connectivity index (χ0) is 16.9. The highest BCUT2D eigenvalue weighted by Crippen LogP contribution is 2.25. The molecule has 0 atom stereocenters. The number of benzene rings is 1. The largest absolute Gasteiger partial charge is 0.353 e. The Labute approximate surface area is 141 Å². The number of nitriles is 1. The van der Waals surface area contributed by atoms with E-state index in [0.29, 0.717) is 41.5 Å². The molecule has 2 N–H and O–H groups in total. The number of fused-ring (bicyclic) bond motifs is 1. The van der Waals surface area contributed by atoms with E-state index in [9.17, 15) is 4.39 Å². The summed E-state index contributed by atoms with van der Waals surface area (Å²) in [6, 6.07) is 6.29. The van der Waals surface area contributed by atoms with Gasteiger partial charge in [0.05, 0.1) is 23.7 Å². The monoisotopic (exact) mass is 343 g/mol. The Bertz CT molecular complexity index is 925. The van der Waals surface area contributed by atoms with Crippen molar-refractivity contribution in [3.05, 3.63) is 41.6 Å². The predicted octanol–water partition coefficient (Wildman–Crippen LogP) is 3.28. The summed E-state index contributed by atoms with van der Waals surface area (Å²) in [6.45, 7) is 0.437. The van der Waals surface area contributed by atoms with Gasteiger partial charge >= 0.3 is 0 Å². The van der Waals surface area contributed by atoms with Crippen molar-refractivity contribution in [2.75, 3.05) is 17.2 Å². The van der Waals surface area contributed by atoms with Gasteiger partial charge < -0.3 is 10.6 Å². The molecule has 0 saturated carbocycles. The fourth-order valence-corrected chi connectivity index (χ4v) is 2.15. The van der Waals surface area contributed by atoms with Crippen LogP contribution in [0.3, 0.4) is 0 Å². The molecule has 2 heterocycles. The van der Waals surface area contributed by atoms with E-state index in [2.05, 4.69) is 30.6 Å². The molecule has 0 fully saturated rings. The third-order valence-corrected chi connectivity index (χ3v) is 3.37. The summed E-state index contributed by atoms with van der Waals surface area (Å²) >= 11 is 5.78. The Morgan fingerprint density at radius 2 is 2.12 bits per heavy atom. The second-order valence-electron chi connectivity index (χ2n) is 4.74. The van der Waals surface area contributed by atoms with Gasteiger partial charge in [0.2, 0.25) is 5.95 Å². The molecule has 24 heavy (non-hydrogen) atoms. The molecule has 3 aromatic rings. The average Bonchev–Trinajstić information content (AvgIpc) is 2.59. The zero-order valence-corrected chi connectivity index (χ0v) is 13.0. The van der Waals surface area contributed by atoms with E-state index in [1.54, 1.807) is 12.3 Å². The highest BCUT2D eigenvalue weighted by atomic mass is 35.5. The van der Waals surface area contributed by atoms with Gasteiger partial charge in [-0.2, -0.15) is 5.26 Å². The SMILES string of the molecule is N#CCCNc1ncc2ncnc(Nc3ccc(F)c(Cl)c3)c2n1. The molecule has 0 aliphatic rings. The van der Waals surface area contributed by atoms with Crippen molar-refractivity contribution in [2.45, 2.75) is 6.42 Å². The van der Waals surface area contributed by atoms with Crippen LogP contribution in [0.5, 0.6) is 0 Å². The summed E-state index contributed by atoms with van der Waals surface area (Å²) < 4.78 is 13.3. The van der Waals surface area contributed by atoms with Crippen LogP contribution in [0, 0.1) is 17.1 Å². The van der Waals surface area contributed by atoms with Crippen molar-refractivity contribution < 1.29 is 4.39 Å². The number of halogens is 2. The van der Waals surface area contributed by atoms with Crippen molar-refractivity contribution in [1.82, 2.24) is 19.9 Å². The Balaban J connectivity index is 1.93. The first-order valence-corrected chi connectivity index (χ1v) is 7.36. The molecule has 2 aromatic heterocycles. The molecule has 0 spiro atoms. The third-order valence-electron chi connectivity index (χ3n) is 3.08. The van der Waals surface area contributed by atoms with Gasteiger partial charge in [0.15, 0.2) is 5.82 Å². The quantitative estimate of drug-likeness (QED) is 0.686. The second kappa shape index (κ2) is 7.02. The topological polar surface area (TPSA) is 99.4 Å². The minimum absolute atomic E-state index is 0.00634. The molecule has 0 amide bonds. The van der Waals surface area contributed by atoms with E-state index < -0.39 is 5.82 Å². The third kappa shape index (κ3) is 3.47. The van der Waals surface area contributed by atoms with E-state index in [1.807, 2.05) is 6.07 Å². The first-order chi connectivity index (χ1) is 11.7. The fraction of sp³-hybridized carbons (Fsp3) is 0.133. The van der Waals surface area contributed by atoms with Gasteiger partial charge in [-0.3, -0.25) is 0 Å². The normalized spacial score (nSPS) is 10.4. The Hall–Kier alpha value is -3.05. The molecule has 3 rings (SSSR count). The first-order valence-electron chi connectivity index (χ1n) is 6.98. The Kier molecular flexibility index (Phi) is 4.63. The van der Waals surface area contributed by atoms with E-state index >= 15 is 0 Å². The van der Waals surface area contributed by atoms with Crippen molar-refractivity contribution in [3.8, 4) is 6.07 Å². The summed E-state index contributed by atoms with van der Waals surface area (Å²) in [5.74, 6) is 0.308. The summed E-state index contributed by atoms with van der Waals surface area (Å²) in [4.78, 5) is 16.8. The highest BCUT2D eigenvalue weighted by molar-refractivity contribution is 6.31. The van der Waals surface area contributed by atoms with Gasteiger partial charge in [-0.15, -0.1) is 0 Å². The van der Waals surface area contributed by atoms with E-state index in [0.717, 1.165) is 0 Å². The standard InChI is InChI=1S/C15H11ClFN7/c16-10-6-9(2-3-11(10)17)23-14-13-12(21-8-22-14)7-20-15(24-13)19-5-1-4-18/h2-3,6-8H,1,5H2,(H,19,20,24)(H,21,22,23). The van der Waals surface area contributed by atoms with Crippen LogP contribution in [0.2, 0.25) is 5.02 Å². The van der Waals surface area contributed by atoms with E-state index in [1.165, 1.54) is 18.5 Å². The molecule has 9 heteroatoms. The summed E-state index contributed by atoms with van der Waals surface area (Å²) in [5, 5.41) is 14.6. The fourth-order valence-electron chi connectivity index (χ4n) is 1.97. The van der Waals surface area contributed by atoms with Crippen LogP contribution in [-0.4, -0.2) is 26.5 Å². The maximum atomic E-state index is 13.3. The lowest BCUT2D eigenvalue weighted by atomic mass is 10.3. The molecule has 0 saturated heterocycles. The molecule has 7 nitrogen and oxygen atoms in total. The van der Waals surface area contributed by atoms with E-state index in [4.69, 9.17) is 16.9 Å². The summed E-state index contributed by atoms with van der Waals surface area (Å²) in [6.07, 6.45) is 3.27. The van der Waals surface area contributed by atoms with Crippen molar-refractivity contribution in [3.63, 3.8) is 0 Å². The van der Waals surface area contributed by atoms with Crippen LogP contribution in [0.4, 0.5) is 21.8 Å². The van der Waals surface area contributed by atoms with Gasteiger partial charge in [-0.25, -0.2) is 24.3 Å². The molecule has 1 aromatic carbocycles. The number of nitrogens with one attached hydrogen (secondary N) is 2. The molecule has 0 radical (unpaired) electrons. The van der Waals surface area contributed by atoms with Crippen LogP contribution < -0.4 is 10.6 Å². The van der Waals surface area contributed by atoms with Gasteiger partial charge in [-0.1, -0.05) is 11.6 Å². The van der Waals surface area contributed by atoms with Crippen LogP contribution in [0.15, 0.2) is 30.7 Å². The number of nitrogens with zero attached hydrogens (tertiary/aromatic N) is 5. The van der Waals surface area contributed by atoms with Gasteiger partial charge in [0, 0.05) is 12.2 Å². The average molecular weight is 344 g/mol. The number of rotatable bonds is 5.